The minimum atomic E-state index is -1.21. The number of carbonyl (C=O) groups is 2. The van der Waals surface area contributed by atoms with Crippen molar-refractivity contribution in [2.45, 2.75) is 18.4 Å². The minimum absolute atomic E-state index is 0.110. The lowest BCUT2D eigenvalue weighted by molar-refractivity contribution is -0.143. The number of hydrogen-bond acceptors (Lipinski definition) is 5. The number of methoxy groups -OCH3 is 1. The molecule has 1 atom stereocenters. The van der Waals surface area contributed by atoms with Gasteiger partial charge in [-0.25, -0.2) is 0 Å². The summed E-state index contributed by atoms with van der Waals surface area (Å²) < 4.78 is 4.87. The molecular weight excluding hydrogens is 238 g/mol. The summed E-state index contributed by atoms with van der Waals surface area (Å²) in [5, 5.41) is 11.7. The Hall–Kier alpha value is -1.18. The van der Waals surface area contributed by atoms with Crippen LogP contribution in [0.25, 0.3) is 0 Å². The summed E-state index contributed by atoms with van der Waals surface area (Å²) in [6.45, 7) is 2.11. The first-order valence-corrected chi connectivity index (χ1v) is 5.98. The van der Waals surface area contributed by atoms with Crippen LogP contribution in [0.4, 0.5) is 0 Å². The first-order valence-electron chi connectivity index (χ1n) is 5.98. The predicted molar refractivity (Wildman–Crippen MR) is 65.1 cm³/mol. The molecule has 1 amide bonds. The van der Waals surface area contributed by atoms with Gasteiger partial charge in [0.2, 0.25) is 5.91 Å². The average molecular weight is 259 g/mol. The van der Waals surface area contributed by atoms with Gasteiger partial charge in [-0.15, -0.1) is 0 Å². The molecule has 1 heterocycles. The Balaban J connectivity index is 2.24. The third kappa shape index (κ3) is 4.25. The second kappa shape index (κ2) is 6.67. The number of carboxylic acids is 1. The third-order valence-corrected chi connectivity index (χ3v) is 3.02. The van der Waals surface area contributed by atoms with E-state index in [0.717, 1.165) is 6.42 Å². The van der Waals surface area contributed by atoms with Crippen molar-refractivity contribution < 1.29 is 19.4 Å². The van der Waals surface area contributed by atoms with Crippen molar-refractivity contribution in [2.24, 2.45) is 5.73 Å². The highest BCUT2D eigenvalue weighted by atomic mass is 16.5. The monoisotopic (exact) mass is 259 g/mol. The maximum absolute atomic E-state index is 11.6. The van der Waals surface area contributed by atoms with Gasteiger partial charge in [0.25, 0.3) is 0 Å². The quantitative estimate of drug-likeness (QED) is 0.487. The Morgan fingerprint density at radius 3 is 2.83 bits per heavy atom. The highest BCUT2D eigenvalue weighted by molar-refractivity contribution is 5.80. The number of nitrogens with zero attached hydrogens (tertiary/aromatic N) is 1. The molecule has 7 heteroatoms. The largest absolute Gasteiger partial charge is 0.480 e. The molecule has 1 rings (SSSR count). The molecule has 0 aromatic carbocycles. The molecule has 104 valence electrons. The van der Waals surface area contributed by atoms with Gasteiger partial charge < -0.3 is 20.9 Å². The van der Waals surface area contributed by atoms with Gasteiger partial charge in [0, 0.05) is 33.4 Å². The number of amides is 1. The van der Waals surface area contributed by atoms with Gasteiger partial charge in [-0.05, 0) is 12.8 Å². The Labute approximate surface area is 106 Å². The van der Waals surface area contributed by atoms with Crippen molar-refractivity contribution in [3.63, 3.8) is 0 Å². The molecule has 1 unspecified atom stereocenters. The molecule has 0 aromatic heterocycles. The van der Waals surface area contributed by atoms with Crippen LogP contribution in [0, 0.1) is 0 Å². The van der Waals surface area contributed by atoms with Crippen LogP contribution in [-0.4, -0.2) is 67.3 Å². The molecule has 1 fully saturated rings. The highest BCUT2D eigenvalue weighted by Gasteiger charge is 2.41. The molecule has 1 aliphatic heterocycles. The fourth-order valence-corrected chi connectivity index (χ4v) is 1.93. The molecule has 1 aliphatic rings. The van der Waals surface area contributed by atoms with E-state index in [1.807, 2.05) is 0 Å². The molecular formula is C11H21N3O4. The molecule has 0 saturated carbocycles. The molecule has 0 aliphatic carbocycles. The van der Waals surface area contributed by atoms with E-state index < -0.39 is 11.5 Å². The fraction of sp³-hybridized carbons (Fsp3) is 0.818. The van der Waals surface area contributed by atoms with E-state index in [0.29, 0.717) is 26.1 Å². The zero-order valence-corrected chi connectivity index (χ0v) is 10.6. The van der Waals surface area contributed by atoms with Gasteiger partial charge in [0.1, 0.15) is 5.54 Å². The van der Waals surface area contributed by atoms with Crippen molar-refractivity contribution in [3.8, 4) is 0 Å². The van der Waals surface area contributed by atoms with E-state index >= 15 is 0 Å². The lowest BCUT2D eigenvalue weighted by Crippen LogP contribution is -2.50. The summed E-state index contributed by atoms with van der Waals surface area (Å²) in [6.07, 6.45) is 1.14. The Morgan fingerprint density at radius 2 is 2.28 bits per heavy atom. The first kappa shape index (κ1) is 14.9. The second-order valence-electron chi connectivity index (χ2n) is 4.62. The summed E-state index contributed by atoms with van der Waals surface area (Å²) in [5.74, 6) is -1.12. The molecule has 18 heavy (non-hydrogen) atoms. The van der Waals surface area contributed by atoms with Crippen LogP contribution in [0.2, 0.25) is 0 Å². The number of rotatable bonds is 7. The summed E-state index contributed by atoms with van der Waals surface area (Å²) in [7, 11) is 1.61. The first-order chi connectivity index (χ1) is 8.48. The molecule has 0 aromatic rings. The average Bonchev–Trinajstić information content (AvgIpc) is 2.68. The van der Waals surface area contributed by atoms with E-state index in [-0.39, 0.29) is 19.0 Å². The number of ether oxygens (including phenoxy) is 1. The molecule has 0 spiro atoms. The van der Waals surface area contributed by atoms with Crippen LogP contribution in [-0.2, 0) is 14.3 Å². The van der Waals surface area contributed by atoms with Gasteiger partial charge >= 0.3 is 5.97 Å². The lowest BCUT2D eigenvalue weighted by Gasteiger charge is -2.19. The minimum Gasteiger partial charge on any atom is -0.480 e. The van der Waals surface area contributed by atoms with Crippen molar-refractivity contribution in [3.05, 3.63) is 0 Å². The van der Waals surface area contributed by atoms with Crippen LogP contribution in [0.15, 0.2) is 0 Å². The standard InChI is InChI=1S/C11H21N3O4/c1-18-6-2-4-13-9(15)7-14-5-3-11(12,8-14)10(16)17/h2-8,12H2,1H3,(H,13,15)(H,16,17). The van der Waals surface area contributed by atoms with E-state index in [1.165, 1.54) is 0 Å². The topological polar surface area (TPSA) is 105 Å². The number of likely N-dealkylation sites (tertiary alicyclic amines) is 1. The van der Waals surface area contributed by atoms with Crippen LogP contribution >= 0.6 is 0 Å². The van der Waals surface area contributed by atoms with Crippen LogP contribution in [0.5, 0.6) is 0 Å². The predicted octanol–water partition coefficient (Wildman–Crippen LogP) is -1.37. The van der Waals surface area contributed by atoms with Gasteiger partial charge in [-0.3, -0.25) is 14.5 Å². The molecule has 4 N–H and O–H groups in total. The number of aliphatic carboxylic acids is 1. The highest BCUT2D eigenvalue weighted by Crippen LogP contribution is 2.18. The summed E-state index contributed by atoms with van der Waals surface area (Å²) in [4.78, 5) is 24.3. The number of hydrogen-bond donors (Lipinski definition) is 3. The SMILES string of the molecule is COCCCNC(=O)CN1CCC(N)(C(=O)O)C1. The second-order valence-corrected chi connectivity index (χ2v) is 4.62. The van der Waals surface area contributed by atoms with Crippen LogP contribution in [0.3, 0.4) is 0 Å². The smallest absolute Gasteiger partial charge is 0.325 e. The summed E-state index contributed by atoms with van der Waals surface area (Å²) in [5.41, 5.74) is 4.51. The fourth-order valence-electron chi connectivity index (χ4n) is 1.93. The Morgan fingerprint density at radius 1 is 1.56 bits per heavy atom. The van der Waals surface area contributed by atoms with Crippen LogP contribution < -0.4 is 11.1 Å². The zero-order chi connectivity index (χ0) is 13.6. The van der Waals surface area contributed by atoms with Gasteiger partial charge in [-0.2, -0.15) is 0 Å². The van der Waals surface area contributed by atoms with E-state index in [9.17, 15) is 9.59 Å². The summed E-state index contributed by atoms with van der Waals surface area (Å²) >= 11 is 0. The van der Waals surface area contributed by atoms with E-state index in [1.54, 1.807) is 12.0 Å². The van der Waals surface area contributed by atoms with Crippen molar-refractivity contribution in [1.82, 2.24) is 10.2 Å². The van der Waals surface area contributed by atoms with E-state index in [2.05, 4.69) is 5.32 Å². The number of nitrogens with two attached hydrogens (primary N) is 1. The normalized spacial score (nSPS) is 24.1. The van der Waals surface area contributed by atoms with Crippen molar-refractivity contribution in [2.75, 3.05) is 39.9 Å². The third-order valence-electron chi connectivity index (χ3n) is 3.02. The number of carbonyl (C=O) groups excluding carboxylic acids is 1. The van der Waals surface area contributed by atoms with Crippen molar-refractivity contribution in [1.29, 1.82) is 0 Å². The molecule has 0 bridgehead atoms. The van der Waals surface area contributed by atoms with E-state index in [4.69, 9.17) is 15.6 Å². The maximum Gasteiger partial charge on any atom is 0.325 e. The summed E-state index contributed by atoms with van der Waals surface area (Å²) in [6, 6.07) is 0. The number of carboxylic acid groups (broad SMARTS) is 1. The van der Waals surface area contributed by atoms with Gasteiger partial charge in [-0.1, -0.05) is 0 Å². The molecule has 1 saturated heterocycles. The van der Waals surface area contributed by atoms with Crippen LogP contribution in [0.1, 0.15) is 12.8 Å². The Bertz CT molecular complexity index is 311. The number of nitrogens with one attached hydrogen (secondary N) is 1. The van der Waals surface area contributed by atoms with Gasteiger partial charge in [0.05, 0.1) is 6.54 Å². The van der Waals surface area contributed by atoms with Crippen molar-refractivity contribution >= 4 is 11.9 Å². The van der Waals surface area contributed by atoms with Gasteiger partial charge in [0.15, 0.2) is 0 Å². The maximum atomic E-state index is 11.6. The molecule has 7 nitrogen and oxygen atoms in total. The molecule has 0 radical (unpaired) electrons. The Kier molecular flexibility index (Phi) is 5.52. The zero-order valence-electron chi connectivity index (χ0n) is 10.6. The lowest BCUT2D eigenvalue weighted by atomic mass is 10.0.